The number of benzene rings is 1. The topological polar surface area (TPSA) is 73.1 Å². The van der Waals surface area contributed by atoms with Gasteiger partial charge in [0.05, 0.1) is 13.7 Å². The summed E-state index contributed by atoms with van der Waals surface area (Å²) in [5.41, 5.74) is 0.850. The Balaban J connectivity index is 1.64. The Labute approximate surface area is 138 Å². The molecule has 0 unspecified atom stereocenters. The highest BCUT2D eigenvalue weighted by molar-refractivity contribution is 7.11. The first kappa shape index (κ1) is 15.5. The van der Waals surface area contributed by atoms with Crippen LogP contribution in [0.1, 0.15) is 29.7 Å². The van der Waals surface area contributed by atoms with Crippen LogP contribution < -0.4 is 10.1 Å². The number of ether oxygens (including phenoxy) is 1. The van der Waals surface area contributed by atoms with Crippen molar-refractivity contribution in [3.05, 3.63) is 40.3 Å². The smallest absolute Gasteiger partial charge is 0.316 e. The molecular weight excluding hydrogens is 312 g/mol. The molecule has 7 heteroatoms. The van der Waals surface area contributed by atoms with E-state index in [9.17, 15) is 0 Å². The average Bonchev–Trinajstić information content (AvgIpc) is 3.22. The maximum Gasteiger partial charge on any atom is 0.316 e. The quantitative estimate of drug-likeness (QED) is 0.738. The van der Waals surface area contributed by atoms with E-state index in [1.165, 1.54) is 4.88 Å². The monoisotopic (exact) mass is 330 g/mol. The van der Waals surface area contributed by atoms with E-state index in [1.54, 1.807) is 18.4 Å². The number of hydrogen-bond donors (Lipinski definition) is 1. The molecule has 120 valence electrons. The molecule has 0 aliphatic rings. The Morgan fingerprint density at radius 2 is 2.00 bits per heavy atom. The van der Waals surface area contributed by atoms with Crippen LogP contribution in [0.4, 0.5) is 6.01 Å². The zero-order chi connectivity index (χ0) is 16.2. The SMILES string of the molecule is COc1ccc(-c2nnc(NCc3ncc(C(C)C)s3)o2)cc1. The van der Waals surface area contributed by atoms with Gasteiger partial charge in [0.25, 0.3) is 0 Å². The third-order valence-corrected chi connectivity index (χ3v) is 4.59. The molecule has 1 aromatic carbocycles. The van der Waals surface area contributed by atoms with Gasteiger partial charge in [-0.25, -0.2) is 4.98 Å². The molecule has 0 fully saturated rings. The van der Waals surface area contributed by atoms with Crippen LogP contribution in [-0.2, 0) is 6.54 Å². The lowest BCUT2D eigenvalue weighted by Gasteiger charge is -2.00. The molecule has 0 saturated carbocycles. The van der Waals surface area contributed by atoms with Gasteiger partial charge in [0, 0.05) is 16.6 Å². The number of aromatic nitrogens is 3. The molecule has 6 nitrogen and oxygen atoms in total. The lowest BCUT2D eigenvalue weighted by atomic mass is 10.2. The van der Waals surface area contributed by atoms with Gasteiger partial charge in [0.15, 0.2) is 0 Å². The van der Waals surface area contributed by atoms with Gasteiger partial charge in [-0.1, -0.05) is 18.9 Å². The molecule has 0 aliphatic carbocycles. The number of nitrogens with one attached hydrogen (secondary N) is 1. The first-order valence-electron chi connectivity index (χ1n) is 7.32. The van der Waals surface area contributed by atoms with Crippen molar-refractivity contribution in [1.82, 2.24) is 15.2 Å². The van der Waals surface area contributed by atoms with Crippen LogP contribution >= 0.6 is 11.3 Å². The minimum atomic E-state index is 0.386. The third kappa shape index (κ3) is 3.68. The Kier molecular flexibility index (Phi) is 4.57. The molecule has 2 heterocycles. The van der Waals surface area contributed by atoms with Crippen molar-refractivity contribution < 1.29 is 9.15 Å². The van der Waals surface area contributed by atoms with E-state index in [-0.39, 0.29) is 0 Å². The highest BCUT2D eigenvalue weighted by Gasteiger charge is 2.10. The van der Waals surface area contributed by atoms with Gasteiger partial charge in [-0.3, -0.25) is 0 Å². The summed E-state index contributed by atoms with van der Waals surface area (Å²) in [5.74, 6) is 1.75. The van der Waals surface area contributed by atoms with Gasteiger partial charge in [0.1, 0.15) is 10.8 Å². The van der Waals surface area contributed by atoms with E-state index in [0.717, 1.165) is 16.3 Å². The zero-order valence-electron chi connectivity index (χ0n) is 13.2. The first-order valence-corrected chi connectivity index (χ1v) is 8.13. The van der Waals surface area contributed by atoms with Crippen LogP contribution in [0.25, 0.3) is 11.5 Å². The van der Waals surface area contributed by atoms with E-state index in [4.69, 9.17) is 9.15 Å². The number of hydrogen-bond acceptors (Lipinski definition) is 7. The number of anilines is 1. The van der Waals surface area contributed by atoms with Crippen molar-refractivity contribution >= 4 is 17.4 Å². The van der Waals surface area contributed by atoms with E-state index in [0.29, 0.717) is 24.4 Å². The molecule has 23 heavy (non-hydrogen) atoms. The Hall–Kier alpha value is -2.41. The average molecular weight is 330 g/mol. The molecule has 2 aromatic heterocycles. The van der Waals surface area contributed by atoms with Crippen LogP contribution in [0, 0.1) is 0 Å². The molecule has 0 saturated heterocycles. The zero-order valence-corrected chi connectivity index (χ0v) is 14.1. The molecule has 0 atom stereocenters. The van der Waals surface area contributed by atoms with E-state index < -0.39 is 0 Å². The summed E-state index contributed by atoms with van der Waals surface area (Å²) in [5, 5.41) is 12.2. The predicted octanol–water partition coefficient (Wildman–Crippen LogP) is 3.94. The maximum atomic E-state index is 5.62. The van der Waals surface area contributed by atoms with Crippen LogP contribution in [0.2, 0.25) is 0 Å². The highest BCUT2D eigenvalue weighted by Crippen LogP contribution is 2.24. The Morgan fingerprint density at radius 3 is 2.65 bits per heavy atom. The van der Waals surface area contributed by atoms with Gasteiger partial charge in [-0.05, 0) is 30.2 Å². The van der Waals surface area contributed by atoms with Crippen molar-refractivity contribution in [3.8, 4) is 17.2 Å². The largest absolute Gasteiger partial charge is 0.497 e. The molecule has 0 aliphatic heterocycles. The summed E-state index contributed by atoms with van der Waals surface area (Å²) in [6.45, 7) is 4.88. The first-order chi connectivity index (χ1) is 11.2. The minimum Gasteiger partial charge on any atom is -0.497 e. The molecule has 0 bridgehead atoms. The second-order valence-corrected chi connectivity index (χ2v) is 6.45. The molecule has 0 spiro atoms. The molecule has 1 N–H and O–H groups in total. The fourth-order valence-electron chi connectivity index (χ4n) is 1.97. The van der Waals surface area contributed by atoms with Crippen molar-refractivity contribution in [2.24, 2.45) is 0 Å². The summed E-state index contributed by atoms with van der Waals surface area (Å²) in [4.78, 5) is 5.66. The molecule has 3 rings (SSSR count). The highest BCUT2D eigenvalue weighted by atomic mass is 32.1. The number of thiazole rings is 1. The van der Waals surface area contributed by atoms with Crippen LogP contribution in [0.3, 0.4) is 0 Å². The third-order valence-electron chi connectivity index (χ3n) is 3.29. The van der Waals surface area contributed by atoms with Crippen molar-refractivity contribution in [2.45, 2.75) is 26.3 Å². The summed E-state index contributed by atoms with van der Waals surface area (Å²) < 4.78 is 10.8. The maximum absolute atomic E-state index is 5.62. The van der Waals surface area contributed by atoms with Crippen LogP contribution in [0.5, 0.6) is 5.75 Å². The fourth-order valence-corrected chi connectivity index (χ4v) is 2.83. The van der Waals surface area contributed by atoms with Crippen molar-refractivity contribution in [3.63, 3.8) is 0 Å². The second kappa shape index (κ2) is 6.78. The van der Waals surface area contributed by atoms with Crippen molar-refractivity contribution in [1.29, 1.82) is 0 Å². The lowest BCUT2D eigenvalue weighted by Crippen LogP contribution is -1.98. The van der Waals surface area contributed by atoms with Crippen LogP contribution in [0.15, 0.2) is 34.9 Å². The van der Waals surface area contributed by atoms with Gasteiger partial charge >= 0.3 is 6.01 Å². The Morgan fingerprint density at radius 1 is 1.22 bits per heavy atom. The molecule has 0 radical (unpaired) electrons. The van der Waals surface area contributed by atoms with Gasteiger partial charge in [0.2, 0.25) is 5.89 Å². The minimum absolute atomic E-state index is 0.386. The standard InChI is InChI=1S/C16H18N4O2S/c1-10(2)13-8-17-14(23-13)9-18-16-20-19-15(22-16)11-4-6-12(21-3)7-5-11/h4-8,10H,9H2,1-3H3,(H,18,20). The summed E-state index contributed by atoms with van der Waals surface area (Å²) in [6, 6.07) is 7.86. The number of methoxy groups -OCH3 is 1. The molecule has 3 aromatic rings. The van der Waals surface area contributed by atoms with E-state index in [2.05, 4.69) is 34.3 Å². The van der Waals surface area contributed by atoms with E-state index in [1.807, 2.05) is 30.5 Å². The lowest BCUT2D eigenvalue weighted by molar-refractivity contribution is 0.415. The van der Waals surface area contributed by atoms with E-state index >= 15 is 0 Å². The van der Waals surface area contributed by atoms with Crippen LogP contribution in [-0.4, -0.2) is 22.3 Å². The fraction of sp³-hybridized carbons (Fsp3) is 0.312. The predicted molar refractivity (Wildman–Crippen MR) is 89.8 cm³/mol. The number of rotatable bonds is 6. The van der Waals surface area contributed by atoms with Crippen molar-refractivity contribution in [2.75, 3.05) is 12.4 Å². The van der Waals surface area contributed by atoms with Gasteiger partial charge < -0.3 is 14.5 Å². The van der Waals surface area contributed by atoms with Gasteiger partial charge in [-0.2, -0.15) is 0 Å². The summed E-state index contributed by atoms with van der Waals surface area (Å²) in [7, 11) is 1.63. The second-order valence-electron chi connectivity index (χ2n) is 5.31. The Bertz CT molecular complexity index is 764. The molecule has 0 amide bonds. The summed E-state index contributed by atoms with van der Waals surface area (Å²) in [6.07, 6.45) is 1.92. The van der Waals surface area contributed by atoms with Gasteiger partial charge in [-0.15, -0.1) is 16.4 Å². The summed E-state index contributed by atoms with van der Waals surface area (Å²) >= 11 is 1.69. The number of nitrogens with zero attached hydrogens (tertiary/aromatic N) is 3. The molecular formula is C16H18N4O2S. The normalized spacial score (nSPS) is 11.0.